The normalized spacial score (nSPS) is 17.4. The fourth-order valence-electron chi connectivity index (χ4n) is 3.90. The van der Waals surface area contributed by atoms with Gasteiger partial charge in [-0.3, -0.25) is 4.98 Å². The topological polar surface area (TPSA) is 53.9 Å². The van der Waals surface area contributed by atoms with Crippen LogP contribution in [0.5, 0.6) is 0 Å². The quantitative estimate of drug-likeness (QED) is 0.696. The summed E-state index contributed by atoms with van der Waals surface area (Å²) in [5.41, 5.74) is 4.61. The number of aryl methyl sites for hydroxylation is 1. The van der Waals surface area contributed by atoms with Gasteiger partial charge in [-0.25, -0.2) is 9.97 Å². The summed E-state index contributed by atoms with van der Waals surface area (Å²) in [5, 5.41) is 3.31. The Balaban J connectivity index is 1.42. The number of nitrogens with zero attached hydrogens (tertiary/aromatic N) is 4. The third-order valence-electron chi connectivity index (χ3n) is 5.28. The Labute approximate surface area is 166 Å². The van der Waals surface area contributed by atoms with Gasteiger partial charge in [0.05, 0.1) is 0 Å². The molecule has 1 fully saturated rings. The molecule has 0 saturated carbocycles. The van der Waals surface area contributed by atoms with Crippen LogP contribution in [-0.2, 0) is 6.42 Å². The second-order valence-corrected chi connectivity index (χ2v) is 7.49. The van der Waals surface area contributed by atoms with Crippen molar-refractivity contribution in [2.45, 2.75) is 32.1 Å². The second kappa shape index (κ2) is 8.93. The molecule has 1 aliphatic rings. The average Bonchev–Trinajstić information content (AvgIpc) is 2.74. The van der Waals surface area contributed by atoms with E-state index in [1.54, 1.807) is 12.4 Å². The van der Waals surface area contributed by atoms with Crippen molar-refractivity contribution >= 4 is 11.6 Å². The van der Waals surface area contributed by atoms with Gasteiger partial charge >= 0.3 is 0 Å². The number of nitrogens with one attached hydrogen (secondary N) is 1. The Kier molecular flexibility index (Phi) is 5.92. The molecule has 3 heterocycles. The van der Waals surface area contributed by atoms with Gasteiger partial charge < -0.3 is 10.2 Å². The number of pyridine rings is 1. The largest absolute Gasteiger partial charge is 0.324 e. The first-order chi connectivity index (χ1) is 13.8. The number of likely N-dealkylation sites (tertiary alicyclic amines) is 1. The van der Waals surface area contributed by atoms with E-state index in [9.17, 15) is 0 Å². The van der Waals surface area contributed by atoms with E-state index in [0.717, 1.165) is 30.9 Å². The van der Waals surface area contributed by atoms with Crippen molar-refractivity contribution < 1.29 is 0 Å². The predicted octanol–water partition coefficient (Wildman–Crippen LogP) is 4.35. The van der Waals surface area contributed by atoms with E-state index >= 15 is 0 Å². The van der Waals surface area contributed by atoms with Crippen molar-refractivity contribution in [2.75, 3.05) is 25.0 Å². The molecule has 0 spiro atoms. The molecule has 1 aliphatic heterocycles. The van der Waals surface area contributed by atoms with E-state index in [0.29, 0.717) is 11.9 Å². The molecule has 2 aromatic heterocycles. The van der Waals surface area contributed by atoms with Crippen molar-refractivity contribution in [1.29, 1.82) is 0 Å². The molecule has 28 heavy (non-hydrogen) atoms. The second-order valence-electron chi connectivity index (χ2n) is 7.49. The van der Waals surface area contributed by atoms with Crippen LogP contribution < -0.4 is 5.32 Å². The van der Waals surface area contributed by atoms with Crippen LogP contribution in [0.1, 0.15) is 35.7 Å². The van der Waals surface area contributed by atoms with Crippen LogP contribution in [0.25, 0.3) is 0 Å². The summed E-state index contributed by atoms with van der Waals surface area (Å²) in [5.74, 6) is 1.09. The minimum absolute atomic E-state index is 0.474. The molecule has 1 aromatic carbocycles. The Morgan fingerprint density at radius 3 is 2.71 bits per heavy atom. The maximum atomic E-state index is 4.84. The molecule has 3 aromatic rings. The number of aromatic nitrogens is 3. The van der Waals surface area contributed by atoms with Gasteiger partial charge in [-0.2, -0.15) is 0 Å². The molecule has 1 atom stereocenters. The fourth-order valence-corrected chi connectivity index (χ4v) is 3.90. The molecule has 0 amide bonds. The van der Waals surface area contributed by atoms with Gasteiger partial charge in [0.25, 0.3) is 0 Å². The zero-order chi connectivity index (χ0) is 19.2. The minimum Gasteiger partial charge on any atom is -0.324 e. The maximum Gasteiger partial charge on any atom is 0.227 e. The van der Waals surface area contributed by atoms with Gasteiger partial charge in [0.1, 0.15) is 0 Å². The summed E-state index contributed by atoms with van der Waals surface area (Å²) in [6.07, 6.45) is 7.01. The third kappa shape index (κ3) is 4.93. The molecular weight excluding hydrogens is 346 g/mol. The van der Waals surface area contributed by atoms with E-state index in [1.165, 1.54) is 30.6 Å². The summed E-state index contributed by atoms with van der Waals surface area (Å²) in [4.78, 5) is 15.9. The van der Waals surface area contributed by atoms with Crippen molar-refractivity contribution in [3.8, 4) is 0 Å². The summed E-state index contributed by atoms with van der Waals surface area (Å²) in [6.45, 7) is 5.41. The van der Waals surface area contributed by atoms with E-state index in [2.05, 4.69) is 69.6 Å². The fraction of sp³-hybridized carbons (Fsp3) is 0.348. The van der Waals surface area contributed by atoms with Crippen LogP contribution >= 0.6 is 0 Å². The standard InChI is InChI=1S/C23H27N5/c1-18-15-21(27-23-24-11-6-12-25-23)16-22(26-18)20-9-5-13-28(17-20)14-10-19-7-3-2-4-8-19/h2-4,6-8,11-12,15-16,20H,5,9-10,13-14,17H2,1H3,(H,24,25,26,27)/t20-/m0/s1. The van der Waals surface area contributed by atoms with E-state index < -0.39 is 0 Å². The molecule has 0 bridgehead atoms. The number of hydrogen-bond acceptors (Lipinski definition) is 5. The molecule has 0 unspecified atom stereocenters. The van der Waals surface area contributed by atoms with Gasteiger partial charge in [-0.15, -0.1) is 0 Å². The van der Waals surface area contributed by atoms with E-state index in [1.807, 2.05) is 6.07 Å². The Morgan fingerprint density at radius 2 is 1.89 bits per heavy atom. The SMILES string of the molecule is Cc1cc(Nc2ncccn2)cc([C@H]2CCCN(CCc3ccccc3)C2)n1. The number of hydrogen-bond donors (Lipinski definition) is 1. The molecule has 5 heteroatoms. The van der Waals surface area contributed by atoms with Crippen molar-refractivity contribution in [1.82, 2.24) is 19.9 Å². The zero-order valence-electron chi connectivity index (χ0n) is 16.4. The van der Waals surface area contributed by atoms with Gasteiger partial charge in [0.2, 0.25) is 5.95 Å². The number of piperidine rings is 1. The average molecular weight is 374 g/mol. The monoisotopic (exact) mass is 373 g/mol. The smallest absolute Gasteiger partial charge is 0.227 e. The highest BCUT2D eigenvalue weighted by molar-refractivity contribution is 5.54. The first-order valence-corrected chi connectivity index (χ1v) is 10.1. The highest BCUT2D eigenvalue weighted by Gasteiger charge is 2.22. The lowest BCUT2D eigenvalue weighted by Crippen LogP contribution is -2.36. The first-order valence-electron chi connectivity index (χ1n) is 10.1. The number of benzene rings is 1. The molecule has 1 saturated heterocycles. The molecule has 0 aliphatic carbocycles. The van der Waals surface area contributed by atoms with Crippen LogP contribution in [0.2, 0.25) is 0 Å². The number of rotatable bonds is 6. The summed E-state index contributed by atoms with van der Waals surface area (Å²) < 4.78 is 0. The number of anilines is 2. The Morgan fingerprint density at radius 1 is 1.07 bits per heavy atom. The zero-order valence-corrected chi connectivity index (χ0v) is 16.4. The van der Waals surface area contributed by atoms with Crippen LogP contribution in [0.15, 0.2) is 60.9 Å². The van der Waals surface area contributed by atoms with Gasteiger partial charge in [-0.1, -0.05) is 30.3 Å². The first kappa shape index (κ1) is 18.6. The van der Waals surface area contributed by atoms with Crippen LogP contribution in [-0.4, -0.2) is 39.5 Å². The lowest BCUT2D eigenvalue weighted by atomic mass is 9.93. The van der Waals surface area contributed by atoms with Crippen molar-refractivity contribution in [3.05, 3.63) is 77.9 Å². The molecule has 4 rings (SSSR count). The van der Waals surface area contributed by atoms with Gasteiger partial charge in [-0.05, 0) is 56.5 Å². The third-order valence-corrected chi connectivity index (χ3v) is 5.28. The lowest BCUT2D eigenvalue weighted by Gasteiger charge is -2.32. The van der Waals surface area contributed by atoms with Crippen LogP contribution in [0, 0.1) is 6.92 Å². The summed E-state index contributed by atoms with van der Waals surface area (Å²) in [6, 6.07) is 16.8. The minimum atomic E-state index is 0.474. The van der Waals surface area contributed by atoms with E-state index in [-0.39, 0.29) is 0 Å². The molecule has 0 radical (unpaired) electrons. The molecule has 5 nitrogen and oxygen atoms in total. The Hall–Kier alpha value is -2.79. The maximum absolute atomic E-state index is 4.84. The lowest BCUT2D eigenvalue weighted by molar-refractivity contribution is 0.208. The predicted molar refractivity (Wildman–Crippen MR) is 113 cm³/mol. The summed E-state index contributed by atoms with van der Waals surface area (Å²) in [7, 11) is 0. The Bertz CT molecular complexity index is 882. The molecule has 144 valence electrons. The van der Waals surface area contributed by atoms with E-state index in [4.69, 9.17) is 4.98 Å². The highest BCUT2D eigenvalue weighted by Crippen LogP contribution is 2.28. The highest BCUT2D eigenvalue weighted by atomic mass is 15.1. The van der Waals surface area contributed by atoms with Gasteiger partial charge in [0, 0.05) is 48.5 Å². The molecular formula is C23H27N5. The van der Waals surface area contributed by atoms with Crippen molar-refractivity contribution in [2.24, 2.45) is 0 Å². The molecule has 1 N–H and O–H groups in total. The van der Waals surface area contributed by atoms with Crippen molar-refractivity contribution in [3.63, 3.8) is 0 Å². The van der Waals surface area contributed by atoms with Gasteiger partial charge in [0.15, 0.2) is 0 Å². The van der Waals surface area contributed by atoms with Crippen LogP contribution in [0.4, 0.5) is 11.6 Å². The summed E-state index contributed by atoms with van der Waals surface area (Å²) >= 11 is 0. The van der Waals surface area contributed by atoms with Crippen LogP contribution in [0.3, 0.4) is 0 Å².